The smallest absolute Gasteiger partial charge is 0.491 e. The molecule has 4 fully saturated rings. The first-order valence-corrected chi connectivity index (χ1v) is 15.2. The van der Waals surface area contributed by atoms with Crippen LogP contribution in [-0.2, 0) is 4.79 Å². The summed E-state index contributed by atoms with van der Waals surface area (Å²) in [5.74, 6) is -2.53. The molecule has 4 N–H and O–H groups in total. The Balaban J connectivity index is 1.08. The van der Waals surface area contributed by atoms with Crippen LogP contribution >= 0.6 is 0 Å². The SMILES string of the molecule is Nc1nnc(-c2c(O)cccc2OC(=O)C(F)(F)F)cc1N1CC2CCC(C1)N2c1ccnc(OC2CC3(CCNCC3)C2)c1. The Morgan fingerprint density at radius 3 is 2.51 bits per heavy atom. The number of fused-ring (bicyclic) bond motifs is 2. The molecule has 45 heavy (non-hydrogen) atoms. The molecule has 2 unspecified atom stereocenters. The molecule has 0 amide bonds. The highest BCUT2D eigenvalue weighted by molar-refractivity contribution is 5.84. The molecule has 2 bridgehead atoms. The summed E-state index contributed by atoms with van der Waals surface area (Å²) in [6.07, 6.45) is 3.23. The van der Waals surface area contributed by atoms with Gasteiger partial charge in [-0.3, -0.25) is 0 Å². The van der Waals surface area contributed by atoms with Crippen molar-refractivity contribution in [2.45, 2.75) is 62.9 Å². The van der Waals surface area contributed by atoms with E-state index in [0.717, 1.165) is 50.5 Å². The Hall–Kier alpha value is -4.33. The van der Waals surface area contributed by atoms with Crippen LogP contribution in [0.25, 0.3) is 11.3 Å². The number of rotatable bonds is 6. The normalized spacial score (nSPS) is 22.7. The number of carbonyl (C=O) groups excluding carboxylic acids is 1. The molecule has 1 saturated carbocycles. The molecule has 1 aromatic carbocycles. The predicted molar refractivity (Wildman–Crippen MR) is 159 cm³/mol. The second-order valence-electron chi connectivity index (χ2n) is 12.5. The van der Waals surface area contributed by atoms with Crippen LogP contribution in [0.15, 0.2) is 42.6 Å². The lowest BCUT2D eigenvalue weighted by molar-refractivity contribution is -0.189. The minimum absolute atomic E-state index is 0.0234. The van der Waals surface area contributed by atoms with Crippen LogP contribution in [0.5, 0.6) is 17.4 Å². The van der Waals surface area contributed by atoms with Crippen LogP contribution in [0.4, 0.5) is 30.4 Å². The zero-order valence-electron chi connectivity index (χ0n) is 24.5. The van der Waals surface area contributed by atoms with Gasteiger partial charge in [-0.1, -0.05) is 6.07 Å². The number of alkyl halides is 3. The summed E-state index contributed by atoms with van der Waals surface area (Å²) in [6, 6.07) is 9.59. The Morgan fingerprint density at radius 2 is 1.80 bits per heavy atom. The van der Waals surface area contributed by atoms with Crippen LogP contribution in [0, 0.1) is 5.41 Å². The molecule has 3 aliphatic heterocycles. The fourth-order valence-electron chi connectivity index (χ4n) is 7.46. The van der Waals surface area contributed by atoms with Gasteiger partial charge in [0, 0.05) is 43.1 Å². The van der Waals surface area contributed by atoms with Crippen molar-refractivity contribution in [3.05, 3.63) is 42.6 Å². The average Bonchev–Trinajstić information content (AvgIpc) is 3.26. The first-order valence-electron chi connectivity index (χ1n) is 15.2. The largest absolute Gasteiger partial charge is 0.507 e. The quantitative estimate of drug-likeness (QED) is 0.270. The maximum Gasteiger partial charge on any atom is 0.491 e. The van der Waals surface area contributed by atoms with Crippen molar-refractivity contribution < 1.29 is 32.5 Å². The van der Waals surface area contributed by atoms with E-state index in [9.17, 15) is 23.1 Å². The van der Waals surface area contributed by atoms with E-state index in [-0.39, 0.29) is 35.3 Å². The highest BCUT2D eigenvalue weighted by Crippen LogP contribution is 2.49. The molecule has 3 saturated heterocycles. The molecule has 1 aliphatic carbocycles. The van der Waals surface area contributed by atoms with Gasteiger partial charge in [0.2, 0.25) is 5.88 Å². The molecule has 0 radical (unpaired) electrons. The highest BCUT2D eigenvalue weighted by Gasteiger charge is 2.46. The molecule has 2 aromatic heterocycles. The number of ether oxygens (including phenoxy) is 2. The van der Waals surface area contributed by atoms with E-state index < -0.39 is 23.6 Å². The number of benzene rings is 1. The van der Waals surface area contributed by atoms with Crippen LogP contribution in [-0.4, -0.2) is 76.8 Å². The summed E-state index contributed by atoms with van der Waals surface area (Å²) in [4.78, 5) is 20.6. The number of carbonyl (C=O) groups is 1. The fourth-order valence-corrected chi connectivity index (χ4v) is 7.46. The van der Waals surface area contributed by atoms with Gasteiger partial charge in [0.15, 0.2) is 5.82 Å². The second-order valence-corrected chi connectivity index (χ2v) is 12.5. The summed E-state index contributed by atoms with van der Waals surface area (Å²) in [7, 11) is 0. The topological polar surface area (TPSA) is 139 Å². The van der Waals surface area contributed by atoms with Crippen molar-refractivity contribution in [1.29, 1.82) is 0 Å². The van der Waals surface area contributed by atoms with Crippen molar-refractivity contribution in [2.24, 2.45) is 5.41 Å². The number of piperazine rings is 1. The predicted octanol–water partition coefficient (Wildman–Crippen LogP) is 4.06. The number of hydrogen-bond acceptors (Lipinski definition) is 11. The third kappa shape index (κ3) is 5.67. The van der Waals surface area contributed by atoms with Crippen LogP contribution in [0.1, 0.15) is 38.5 Å². The highest BCUT2D eigenvalue weighted by atomic mass is 19.4. The van der Waals surface area contributed by atoms with Crippen LogP contribution < -0.4 is 30.3 Å². The molecular weight excluding hydrogens is 591 g/mol. The van der Waals surface area contributed by atoms with Crippen LogP contribution in [0.2, 0.25) is 0 Å². The van der Waals surface area contributed by atoms with Gasteiger partial charge in [-0.2, -0.15) is 13.2 Å². The number of anilines is 3. The molecule has 2 atom stereocenters. The number of esters is 1. The number of nitrogens with two attached hydrogens (primary N) is 1. The first-order chi connectivity index (χ1) is 21.6. The zero-order valence-corrected chi connectivity index (χ0v) is 24.5. The van der Waals surface area contributed by atoms with Crippen LogP contribution in [0.3, 0.4) is 0 Å². The number of aromatic nitrogens is 3. The number of aromatic hydroxyl groups is 1. The number of nitrogen functional groups attached to an aromatic ring is 1. The van der Waals surface area contributed by atoms with Gasteiger partial charge in [0.25, 0.3) is 0 Å². The zero-order chi connectivity index (χ0) is 31.3. The van der Waals surface area contributed by atoms with E-state index in [4.69, 9.17) is 10.5 Å². The lowest BCUT2D eigenvalue weighted by atomic mass is 9.62. The monoisotopic (exact) mass is 625 g/mol. The summed E-state index contributed by atoms with van der Waals surface area (Å²) in [5.41, 5.74) is 8.09. The van der Waals surface area contributed by atoms with E-state index in [1.54, 1.807) is 12.3 Å². The average molecular weight is 626 g/mol. The Labute approximate surface area is 257 Å². The van der Waals surface area contributed by atoms with Crippen molar-refractivity contribution in [3.8, 4) is 28.6 Å². The maximum atomic E-state index is 12.9. The fraction of sp³-hybridized carbons (Fsp3) is 0.484. The number of piperidine rings is 1. The first kappa shape index (κ1) is 29.4. The molecule has 4 aliphatic rings. The lowest BCUT2D eigenvalue weighted by Crippen LogP contribution is -2.54. The Kier molecular flexibility index (Phi) is 7.34. The minimum Gasteiger partial charge on any atom is -0.507 e. The number of pyridine rings is 1. The van der Waals surface area contributed by atoms with Gasteiger partial charge < -0.3 is 35.4 Å². The standard InChI is InChI=1S/C31H34F3N7O4/c32-31(33,34)29(43)45-25-3-1-2-24(42)27(25)22-13-23(28(35)39-38-22)40-16-19-4-5-20(17-40)41(19)18-6-9-37-26(12-18)44-21-14-30(15-21)7-10-36-11-8-30/h1-3,6,9,12-13,19-21,36,42H,4-5,7-8,10-11,14-17H2,(H2,35,39). The van der Waals surface area contributed by atoms with E-state index in [0.29, 0.717) is 30.1 Å². The minimum atomic E-state index is -5.21. The van der Waals surface area contributed by atoms with E-state index in [2.05, 4.69) is 35.0 Å². The van der Waals surface area contributed by atoms with Gasteiger partial charge in [-0.15, -0.1) is 10.2 Å². The van der Waals surface area contributed by atoms with Gasteiger partial charge in [-0.25, -0.2) is 9.78 Å². The molecule has 7 rings (SSSR count). The third-order valence-electron chi connectivity index (χ3n) is 9.61. The van der Waals surface area contributed by atoms with E-state index in [1.165, 1.54) is 25.0 Å². The number of hydrogen-bond donors (Lipinski definition) is 3. The van der Waals surface area contributed by atoms with E-state index >= 15 is 0 Å². The maximum absolute atomic E-state index is 12.9. The number of halogens is 3. The number of phenols is 1. The van der Waals surface area contributed by atoms with Crippen molar-refractivity contribution in [1.82, 2.24) is 20.5 Å². The number of nitrogens with one attached hydrogen (secondary N) is 1. The van der Waals surface area contributed by atoms with Crippen molar-refractivity contribution in [3.63, 3.8) is 0 Å². The number of phenolic OH excluding ortho intramolecular Hbond substituents is 1. The third-order valence-corrected chi connectivity index (χ3v) is 9.61. The molecular formula is C31H34F3N7O4. The molecule has 11 nitrogen and oxygen atoms in total. The summed E-state index contributed by atoms with van der Waals surface area (Å²) in [5, 5.41) is 22.0. The molecule has 5 heterocycles. The van der Waals surface area contributed by atoms with Gasteiger partial charge in [0.1, 0.15) is 23.3 Å². The van der Waals surface area contributed by atoms with Gasteiger partial charge in [0.05, 0.1) is 11.3 Å². The molecule has 1 spiro atoms. The summed E-state index contributed by atoms with van der Waals surface area (Å²) >= 11 is 0. The van der Waals surface area contributed by atoms with Crippen molar-refractivity contribution >= 4 is 23.2 Å². The Bertz CT molecular complexity index is 1580. The molecule has 3 aromatic rings. The summed E-state index contributed by atoms with van der Waals surface area (Å²) < 4.78 is 49.7. The second kappa shape index (κ2) is 11.2. The molecule has 14 heteroatoms. The van der Waals surface area contributed by atoms with Gasteiger partial charge >= 0.3 is 12.1 Å². The number of nitrogens with zero attached hydrogens (tertiary/aromatic N) is 5. The lowest BCUT2D eigenvalue weighted by Gasteiger charge is -2.49. The summed E-state index contributed by atoms with van der Waals surface area (Å²) in [6.45, 7) is 3.37. The van der Waals surface area contributed by atoms with E-state index in [1.807, 2.05) is 12.1 Å². The van der Waals surface area contributed by atoms with Gasteiger partial charge in [-0.05, 0) is 81.3 Å². The Morgan fingerprint density at radius 1 is 1.07 bits per heavy atom. The van der Waals surface area contributed by atoms with Crippen molar-refractivity contribution in [2.75, 3.05) is 41.7 Å². The molecule has 238 valence electrons.